The fraction of sp³-hybridized carbons (Fsp3) is 0.158. The van der Waals surface area contributed by atoms with E-state index in [1.165, 1.54) is 0 Å². The molecule has 0 saturated carbocycles. The molecule has 3 aromatic rings. The van der Waals surface area contributed by atoms with Crippen molar-refractivity contribution in [1.29, 1.82) is 0 Å². The van der Waals surface area contributed by atoms with Gasteiger partial charge in [-0.1, -0.05) is 12.1 Å². The average Bonchev–Trinajstić information content (AvgIpc) is 3.08. The van der Waals surface area contributed by atoms with E-state index in [9.17, 15) is 31.9 Å². The molecule has 164 valence electrons. The van der Waals surface area contributed by atoms with E-state index >= 15 is 0 Å². The van der Waals surface area contributed by atoms with Crippen LogP contribution in [0.15, 0.2) is 45.4 Å². The largest absolute Gasteiger partial charge is 0.475 e. The quantitative estimate of drug-likeness (QED) is 0.475. The summed E-state index contributed by atoms with van der Waals surface area (Å²) in [5.74, 6) is -4.75. The Bertz CT molecular complexity index is 1120. The molecule has 0 bridgehead atoms. The number of hydrogen-bond donors (Lipinski definition) is 2. The van der Waals surface area contributed by atoms with Gasteiger partial charge in [0, 0.05) is 5.56 Å². The molecule has 3 rings (SSSR count). The number of carbonyl (C=O) groups is 1. The smallest absolute Gasteiger partial charge is 0.416 e. The Kier molecular flexibility index (Phi) is 6.32. The molecular weight excluding hydrogens is 495 g/mol. The molecule has 0 radical (unpaired) electrons. The zero-order valence-electron chi connectivity index (χ0n) is 15.2. The average molecular weight is 507 g/mol. The van der Waals surface area contributed by atoms with Gasteiger partial charge in [-0.15, -0.1) is 0 Å². The van der Waals surface area contributed by atoms with Crippen molar-refractivity contribution in [3.05, 3.63) is 69.7 Å². The Labute approximate surface area is 179 Å². The van der Waals surface area contributed by atoms with E-state index in [2.05, 4.69) is 20.9 Å². The number of aliphatic hydroxyl groups excluding tert-OH is 1. The molecule has 0 aliphatic rings. The second-order valence-corrected chi connectivity index (χ2v) is 6.89. The molecule has 1 atom stereocenters. The molecule has 0 spiro atoms. The summed E-state index contributed by atoms with van der Waals surface area (Å²) in [4.78, 5) is 15.2. The summed E-state index contributed by atoms with van der Waals surface area (Å²) in [6.07, 6.45) is -5.90. The maximum absolute atomic E-state index is 14.4. The van der Waals surface area contributed by atoms with Crippen LogP contribution in [0.5, 0.6) is 5.75 Å². The van der Waals surface area contributed by atoms with Crippen LogP contribution in [-0.4, -0.2) is 22.6 Å². The Balaban J connectivity index is 1.91. The van der Waals surface area contributed by atoms with Gasteiger partial charge < -0.3 is 20.0 Å². The van der Waals surface area contributed by atoms with E-state index in [-0.39, 0.29) is 21.8 Å². The molecule has 0 aliphatic carbocycles. The molecule has 0 saturated heterocycles. The van der Waals surface area contributed by atoms with Gasteiger partial charge in [-0.3, -0.25) is 4.79 Å². The fourth-order valence-corrected chi connectivity index (χ4v) is 3.10. The molecule has 1 amide bonds. The molecule has 1 aromatic heterocycles. The van der Waals surface area contributed by atoms with E-state index in [0.717, 1.165) is 36.4 Å². The number of hydrogen-bond acceptors (Lipinski definition) is 5. The van der Waals surface area contributed by atoms with Gasteiger partial charge in [-0.25, -0.2) is 13.8 Å². The molecule has 1 unspecified atom stereocenters. The Morgan fingerprint density at radius 3 is 2.39 bits per heavy atom. The lowest BCUT2D eigenvalue weighted by Gasteiger charge is -2.15. The first-order valence-corrected chi connectivity index (χ1v) is 9.21. The van der Waals surface area contributed by atoms with E-state index in [0.29, 0.717) is 0 Å². The van der Waals surface area contributed by atoms with Gasteiger partial charge >= 0.3 is 6.18 Å². The Morgan fingerprint density at radius 2 is 1.84 bits per heavy atom. The number of primary amides is 1. The lowest BCUT2D eigenvalue weighted by molar-refractivity contribution is -0.137. The second kappa shape index (κ2) is 8.63. The summed E-state index contributed by atoms with van der Waals surface area (Å²) in [7, 11) is 0. The van der Waals surface area contributed by atoms with E-state index in [1.807, 2.05) is 0 Å². The second-order valence-electron chi connectivity index (χ2n) is 6.13. The molecule has 2 aromatic carbocycles. The number of nitrogens with zero attached hydrogens (tertiary/aromatic N) is 1. The zero-order valence-corrected chi connectivity index (χ0v) is 16.8. The topological polar surface area (TPSA) is 98.6 Å². The van der Waals surface area contributed by atoms with Crippen molar-refractivity contribution < 1.29 is 41.0 Å². The maximum atomic E-state index is 14.4. The molecule has 1 heterocycles. The van der Waals surface area contributed by atoms with Crippen molar-refractivity contribution in [2.45, 2.75) is 12.3 Å². The van der Waals surface area contributed by atoms with Crippen LogP contribution in [-0.2, 0) is 6.18 Å². The predicted molar refractivity (Wildman–Crippen MR) is 100.0 cm³/mol. The fourth-order valence-electron chi connectivity index (χ4n) is 2.61. The first-order chi connectivity index (χ1) is 14.5. The van der Waals surface area contributed by atoms with Gasteiger partial charge in [0.1, 0.15) is 11.4 Å². The van der Waals surface area contributed by atoms with Gasteiger partial charge in [0.2, 0.25) is 5.89 Å². The zero-order chi connectivity index (χ0) is 22.9. The van der Waals surface area contributed by atoms with Gasteiger partial charge in [-0.2, -0.15) is 13.2 Å². The van der Waals surface area contributed by atoms with Crippen LogP contribution in [0.3, 0.4) is 0 Å². The van der Waals surface area contributed by atoms with Gasteiger partial charge in [-0.05, 0) is 40.2 Å². The number of carbonyl (C=O) groups excluding carboxylic acids is 1. The van der Waals surface area contributed by atoms with Crippen LogP contribution in [0.2, 0.25) is 0 Å². The first kappa shape index (κ1) is 22.7. The number of nitrogens with two attached hydrogens (primary N) is 1. The summed E-state index contributed by atoms with van der Waals surface area (Å²) in [5.41, 5.74) is 3.31. The summed E-state index contributed by atoms with van der Waals surface area (Å²) >= 11 is 3.10. The number of aromatic nitrogens is 1. The molecule has 6 nitrogen and oxygen atoms in total. The number of benzene rings is 2. The number of ether oxygens (including phenoxy) is 1. The molecule has 3 N–H and O–H groups in total. The van der Waals surface area contributed by atoms with Gasteiger partial charge in [0.25, 0.3) is 5.91 Å². The Hall–Kier alpha value is -2.99. The van der Waals surface area contributed by atoms with E-state index in [4.69, 9.17) is 14.9 Å². The normalized spacial score (nSPS) is 12.6. The van der Waals surface area contributed by atoms with Crippen LogP contribution in [0.25, 0.3) is 11.3 Å². The molecule has 0 aliphatic heterocycles. The van der Waals surface area contributed by atoms with Crippen molar-refractivity contribution in [2.24, 2.45) is 5.73 Å². The van der Waals surface area contributed by atoms with Crippen molar-refractivity contribution in [1.82, 2.24) is 4.98 Å². The molecule has 12 heteroatoms. The predicted octanol–water partition coefficient (Wildman–Crippen LogP) is 4.61. The third kappa shape index (κ3) is 4.69. The number of rotatable bonds is 6. The summed E-state index contributed by atoms with van der Waals surface area (Å²) in [5, 5.41) is 9.61. The van der Waals surface area contributed by atoms with Gasteiger partial charge in [0.05, 0.1) is 12.2 Å². The SMILES string of the molecule is NC(=O)c1c(F)ccc(OC(CO)c2nc(Br)c(-c3ccc(C(F)(F)F)cc3)o2)c1F. The number of amides is 1. The molecule has 0 fully saturated rings. The highest BCUT2D eigenvalue weighted by Crippen LogP contribution is 2.35. The van der Waals surface area contributed by atoms with Crippen LogP contribution in [0.4, 0.5) is 22.0 Å². The number of alkyl halides is 3. The van der Waals surface area contributed by atoms with Crippen molar-refractivity contribution in [2.75, 3.05) is 6.61 Å². The highest BCUT2D eigenvalue weighted by Gasteiger charge is 2.31. The van der Waals surface area contributed by atoms with Crippen LogP contribution < -0.4 is 10.5 Å². The van der Waals surface area contributed by atoms with Crippen LogP contribution in [0, 0.1) is 11.6 Å². The minimum Gasteiger partial charge on any atom is -0.475 e. The Morgan fingerprint density at radius 1 is 1.19 bits per heavy atom. The standard InChI is InChI=1S/C19H12BrF5N2O4/c20-16-15(8-1-3-9(4-2-8)19(23,24)25)31-18(27-16)12(7-28)30-11-6-5-10(21)13(14(11)22)17(26)29/h1-6,12,28H,7H2,(H2,26,29). The number of aliphatic hydroxyl groups is 1. The highest BCUT2D eigenvalue weighted by atomic mass is 79.9. The number of oxazole rings is 1. The third-order valence-corrected chi connectivity index (χ3v) is 4.63. The van der Waals surface area contributed by atoms with E-state index < -0.39 is 53.3 Å². The van der Waals surface area contributed by atoms with Crippen molar-refractivity contribution >= 4 is 21.8 Å². The summed E-state index contributed by atoms with van der Waals surface area (Å²) in [6, 6.07) is 5.66. The van der Waals surface area contributed by atoms with Crippen LogP contribution in [0.1, 0.15) is 27.9 Å². The van der Waals surface area contributed by atoms with Crippen molar-refractivity contribution in [3.8, 4) is 17.1 Å². The van der Waals surface area contributed by atoms with Crippen molar-refractivity contribution in [3.63, 3.8) is 0 Å². The lowest BCUT2D eigenvalue weighted by atomic mass is 10.1. The lowest BCUT2D eigenvalue weighted by Crippen LogP contribution is -2.18. The molecule has 31 heavy (non-hydrogen) atoms. The summed E-state index contributed by atoms with van der Waals surface area (Å²) < 4.78 is 77.0. The third-order valence-electron chi connectivity index (χ3n) is 4.09. The minimum atomic E-state index is -4.51. The monoisotopic (exact) mass is 506 g/mol. The van der Waals surface area contributed by atoms with Crippen LogP contribution >= 0.6 is 15.9 Å². The molecular formula is C19H12BrF5N2O4. The number of halogens is 6. The minimum absolute atomic E-state index is 0.0307. The maximum Gasteiger partial charge on any atom is 0.416 e. The summed E-state index contributed by atoms with van der Waals surface area (Å²) in [6.45, 7) is -0.762. The van der Waals surface area contributed by atoms with E-state index in [1.54, 1.807) is 0 Å². The first-order valence-electron chi connectivity index (χ1n) is 8.42. The van der Waals surface area contributed by atoms with Gasteiger partial charge in [0.15, 0.2) is 28.0 Å². The highest BCUT2D eigenvalue weighted by molar-refractivity contribution is 9.10.